The third-order valence-corrected chi connectivity index (χ3v) is 4.77. The topological polar surface area (TPSA) is 63.2 Å². The summed E-state index contributed by atoms with van der Waals surface area (Å²) in [6, 6.07) is 14.0. The van der Waals surface area contributed by atoms with Crippen LogP contribution in [0.1, 0.15) is 23.7 Å². The lowest BCUT2D eigenvalue weighted by atomic mass is 10.0. The average Bonchev–Trinajstić information content (AvgIpc) is 3.19. The summed E-state index contributed by atoms with van der Waals surface area (Å²) in [7, 11) is 1.68. The number of aromatic nitrogens is 3. The number of methoxy groups -OCH3 is 1. The molecule has 1 atom stereocenters. The molecule has 138 valence electrons. The van der Waals surface area contributed by atoms with Gasteiger partial charge in [0.05, 0.1) is 7.11 Å². The van der Waals surface area contributed by atoms with Crippen LogP contribution >= 0.6 is 0 Å². The summed E-state index contributed by atoms with van der Waals surface area (Å²) >= 11 is 0. The van der Waals surface area contributed by atoms with Crippen LogP contribution in [0.15, 0.2) is 54.9 Å². The number of hydrogen-bond acceptors (Lipinski definition) is 6. The van der Waals surface area contributed by atoms with Crippen LogP contribution in [0, 0.1) is 6.92 Å². The number of benzene rings is 1. The lowest BCUT2D eigenvalue weighted by Crippen LogP contribution is -2.21. The molecule has 0 radical (unpaired) electrons. The van der Waals surface area contributed by atoms with Gasteiger partial charge in [0.1, 0.15) is 5.75 Å². The molecule has 0 aliphatic carbocycles. The highest BCUT2D eigenvalue weighted by Gasteiger charge is 2.26. The quantitative estimate of drug-likeness (QED) is 0.743. The van der Waals surface area contributed by atoms with Crippen molar-refractivity contribution < 1.29 is 4.74 Å². The van der Waals surface area contributed by atoms with Crippen molar-refractivity contribution in [2.45, 2.75) is 19.3 Å². The molecule has 0 amide bonds. The minimum absolute atomic E-state index is 0.375. The Morgan fingerprint density at radius 1 is 1.07 bits per heavy atom. The van der Waals surface area contributed by atoms with Crippen LogP contribution in [0.2, 0.25) is 0 Å². The SMILES string of the molecule is COc1cccc(Nc2cc(C)nc([C@H]3CCN(c4ncccn4)C3)c2)c1. The van der Waals surface area contributed by atoms with E-state index in [1.165, 1.54) is 0 Å². The molecular formula is C21H23N5O. The first-order valence-electron chi connectivity index (χ1n) is 9.13. The number of hydrogen-bond donors (Lipinski definition) is 1. The first-order chi connectivity index (χ1) is 13.2. The van der Waals surface area contributed by atoms with Crippen molar-refractivity contribution in [1.82, 2.24) is 15.0 Å². The summed E-state index contributed by atoms with van der Waals surface area (Å²) < 4.78 is 5.31. The van der Waals surface area contributed by atoms with Crippen LogP contribution in [0.25, 0.3) is 0 Å². The number of nitrogens with one attached hydrogen (secondary N) is 1. The lowest BCUT2D eigenvalue weighted by Gasteiger charge is -2.17. The van der Waals surface area contributed by atoms with Gasteiger partial charge in [-0.25, -0.2) is 9.97 Å². The molecule has 2 aromatic heterocycles. The number of ether oxygens (including phenoxy) is 1. The van der Waals surface area contributed by atoms with E-state index in [-0.39, 0.29) is 0 Å². The van der Waals surface area contributed by atoms with E-state index < -0.39 is 0 Å². The van der Waals surface area contributed by atoms with E-state index in [0.717, 1.165) is 54.0 Å². The van der Waals surface area contributed by atoms with Crippen molar-refractivity contribution in [1.29, 1.82) is 0 Å². The monoisotopic (exact) mass is 361 g/mol. The van der Waals surface area contributed by atoms with Crippen LogP contribution in [0.3, 0.4) is 0 Å². The zero-order valence-corrected chi connectivity index (χ0v) is 15.6. The molecule has 0 spiro atoms. The number of nitrogens with zero attached hydrogens (tertiary/aromatic N) is 4. The van der Waals surface area contributed by atoms with Gasteiger partial charge in [0, 0.05) is 60.2 Å². The first-order valence-corrected chi connectivity index (χ1v) is 9.13. The Bertz CT molecular complexity index is 915. The highest BCUT2D eigenvalue weighted by molar-refractivity contribution is 5.62. The van der Waals surface area contributed by atoms with Gasteiger partial charge in [0.25, 0.3) is 0 Å². The second-order valence-electron chi connectivity index (χ2n) is 6.76. The zero-order chi connectivity index (χ0) is 18.6. The van der Waals surface area contributed by atoms with Crippen LogP contribution in [0.4, 0.5) is 17.3 Å². The van der Waals surface area contributed by atoms with E-state index in [0.29, 0.717) is 5.92 Å². The minimum Gasteiger partial charge on any atom is -0.497 e. The molecule has 1 saturated heterocycles. The van der Waals surface area contributed by atoms with Crippen molar-refractivity contribution in [3.63, 3.8) is 0 Å². The molecule has 6 nitrogen and oxygen atoms in total. The highest BCUT2D eigenvalue weighted by Crippen LogP contribution is 2.30. The van der Waals surface area contributed by atoms with E-state index in [1.54, 1.807) is 19.5 Å². The van der Waals surface area contributed by atoms with Gasteiger partial charge in [-0.05, 0) is 43.7 Å². The van der Waals surface area contributed by atoms with E-state index in [2.05, 4.69) is 32.3 Å². The van der Waals surface area contributed by atoms with Gasteiger partial charge < -0.3 is 15.0 Å². The van der Waals surface area contributed by atoms with Gasteiger partial charge in [-0.1, -0.05) is 6.07 Å². The smallest absolute Gasteiger partial charge is 0.225 e. The molecular weight excluding hydrogens is 338 g/mol. The molecule has 3 aromatic rings. The van der Waals surface area contributed by atoms with Crippen molar-refractivity contribution in [2.75, 3.05) is 30.4 Å². The van der Waals surface area contributed by atoms with E-state index in [1.807, 2.05) is 37.3 Å². The van der Waals surface area contributed by atoms with Gasteiger partial charge in [-0.15, -0.1) is 0 Å². The largest absolute Gasteiger partial charge is 0.497 e. The highest BCUT2D eigenvalue weighted by atomic mass is 16.5. The Kier molecular flexibility index (Phi) is 4.87. The molecule has 1 aromatic carbocycles. The molecule has 0 saturated carbocycles. The Balaban J connectivity index is 1.52. The van der Waals surface area contributed by atoms with Gasteiger partial charge in [-0.2, -0.15) is 0 Å². The molecule has 1 aliphatic heterocycles. The Hall–Kier alpha value is -3.15. The molecule has 6 heteroatoms. The molecule has 27 heavy (non-hydrogen) atoms. The predicted octanol–water partition coefficient (Wildman–Crippen LogP) is 3.93. The third kappa shape index (κ3) is 4.00. The molecule has 1 aliphatic rings. The molecule has 3 heterocycles. The summed E-state index contributed by atoms with van der Waals surface area (Å²) in [4.78, 5) is 15.7. The fourth-order valence-corrected chi connectivity index (χ4v) is 3.48. The molecule has 4 rings (SSSR count). The zero-order valence-electron chi connectivity index (χ0n) is 15.6. The Morgan fingerprint density at radius 2 is 1.93 bits per heavy atom. The second-order valence-corrected chi connectivity index (χ2v) is 6.76. The van der Waals surface area contributed by atoms with E-state index in [4.69, 9.17) is 9.72 Å². The van der Waals surface area contributed by atoms with Crippen LogP contribution in [0.5, 0.6) is 5.75 Å². The average molecular weight is 361 g/mol. The maximum absolute atomic E-state index is 5.31. The van der Waals surface area contributed by atoms with Crippen molar-refractivity contribution in [3.05, 3.63) is 66.2 Å². The summed E-state index contributed by atoms with van der Waals surface area (Å²) in [5.74, 6) is 2.00. The maximum atomic E-state index is 5.31. The van der Waals surface area contributed by atoms with Gasteiger partial charge in [-0.3, -0.25) is 4.98 Å². The van der Waals surface area contributed by atoms with Crippen LogP contribution in [-0.4, -0.2) is 35.2 Å². The van der Waals surface area contributed by atoms with Crippen LogP contribution < -0.4 is 15.0 Å². The summed E-state index contributed by atoms with van der Waals surface area (Å²) in [6.07, 6.45) is 4.63. The fraction of sp³-hybridized carbons (Fsp3) is 0.286. The van der Waals surface area contributed by atoms with Gasteiger partial charge >= 0.3 is 0 Å². The summed E-state index contributed by atoms with van der Waals surface area (Å²) in [5, 5.41) is 3.47. The van der Waals surface area contributed by atoms with Crippen molar-refractivity contribution >= 4 is 17.3 Å². The summed E-state index contributed by atoms with van der Waals surface area (Å²) in [6.45, 7) is 3.87. The standard InChI is InChI=1S/C21H23N5O/c1-15-11-18(25-17-5-3-6-19(12-17)27-2)13-20(24-15)16-7-10-26(14-16)21-22-8-4-9-23-21/h3-6,8-9,11-13,16H,7,10,14H2,1-2H3,(H,24,25)/t16-/m0/s1. The lowest BCUT2D eigenvalue weighted by molar-refractivity contribution is 0.415. The third-order valence-electron chi connectivity index (χ3n) is 4.77. The first kappa shape index (κ1) is 17.3. The number of rotatable bonds is 5. The number of pyridine rings is 1. The predicted molar refractivity (Wildman–Crippen MR) is 107 cm³/mol. The van der Waals surface area contributed by atoms with E-state index in [9.17, 15) is 0 Å². The molecule has 1 N–H and O–H groups in total. The Morgan fingerprint density at radius 3 is 2.74 bits per heavy atom. The number of anilines is 3. The van der Waals surface area contributed by atoms with E-state index >= 15 is 0 Å². The maximum Gasteiger partial charge on any atom is 0.225 e. The van der Waals surface area contributed by atoms with Crippen molar-refractivity contribution in [3.8, 4) is 5.75 Å². The molecule has 0 bridgehead atoms. The number of aryl methyl sites for hydroxylation is 1. The molecule has 1 fully saturated rings. The van der Waals surface area contributed by atoms with Gasteiger partial charge in [0.2, 0.25) is 5.95 Å². The summed E-state index contributed by atoms with van der Waals surface area (Å²) in [5.41, 5.74) is 4.16. The molecule has 0 unspecified atom stereocenters. The normalized spacial score (nSPS) is 16.4. The minimum atomic E-state index is 0.375. The van der Waals surface area contributed by atoms with Crippen LogP contribution in [-0.2, 0) is 0 Å². The Labute approximate surface area is 159 Å². The fourth-order valence-electron chi connectivity index (χ4n) is 3.48. The second kappa shape index (κ2) is 7.61. The van der Waals surface area contributed by atoms with Crippen molar-refractivity contribution in [2.24, 2.45) is 0 Å². The van der Waals surface area contributed by atoms with Gasteiger partial charge in [0.15, 0.2) is 0 Å².